The summed E-state index contributed by atoms with van der Waals surface area (Å²) in [6.07, 6.45) is 8.31. The van der Waals surface area contributed by atoms with Crippen molar-refractivity contribution in [2.45, 2.75) is 51.5 Å². The molecule has 0 heterocycles. The zero-order valence-corrected chi connectivity index (χ0v) is 9.89. The lowest BCUT2D eigenvalue weighted by Crippen LogP contribution is -2.28. The third-order valence-corrected chi connectivity index (χ3v) is 2.98. The van der Waals surface area contributed by atoms with Gasteiger partial charge in [0.15, 0.2) is 0 Å². The Morgan fingerprint density at radius 2 is 1.86 bits per heavy atom. The first kappa shape index (κ1) is 12.0. The Hall–Kier alpha value is -0.0800. The van der Waals surface area contributed by atoms with E-state index < -0.39 is 0 Å². The summed E-state index contributed by atoms with van der Waals surface area (Å²) in [7, 11) is 2.04. The number of rotatable bonds is 9. The van der Waals surface area contributed by atoms with E-state index in [1.54, 1.807) is 0 Å². The molecular formula is C12H26N2. The molecule has 0 saturated heterocycles. The molecule has 0 aromatic rings. The molecule has 0 aromatic heterocycles. The first-order valence-electron chi connectivity index (χ1n) is 6.27. The molecule has 1 N–H and O–H groups in total. The molecule has 2 heteroatoms. The van der Waals surface area contributed by atoms with Gasteiger partial charge in [-0.15, -0.1) is 0 Å². The van der Waals surface area contributed by atoms with Gasteiger partial charge in [0.2, 0.25) is 0 Å². The van der Waals surface area contributed by atoms with Crippen LogP contribution in [-0.4, -0.2) is 37.6 Å². The molecule has 0 unspecified atom stereocenters. The van der Waals surface area contributed by atoms with Crippen molar-refractivity contribution in [2.24, 2.45) is 0 Å². The first-order chi connectivity index (χ1) is 6.88. The van der Waals surface area contributed by atoms with E-state index in [1.807, 2.05) is 7.05 Å². The van der Waals surface area contributed by atoms with Crippen molar-refractivity contribution >= 4 is 0 Å². The van der Waals surface area contributed by atoms with Gasteiger partial charge in [-0.2, -0.15) is 0 Å². The van der Waals surface area contributed by atoms with Crippen molar-refractivity contribution in [3.05, 3.63) is 0 Å². The Morgan fingerprint density at radius 3 is 2.43 bits per heavy atom. The zero-order valence-electron chi connectivity index (χ0n) is 9.89. The van der Waals surface area contributed by atoms with Crippen molar-refractivity contribution in [1.82, 2.24) is 10.2 Å². The maximum atomic E-state index is 3.21. The highest BCUT2D eigenvalue weighted by molar-refractivity contribution is 4.84. The largest absolute Gasteiger partial charge is 0.320 e. The third kappa shape index (κ3) is 4.97. The van der Waals surface area contributed by atoms with Crippen LogP contribution < -0.4 is 5.32 Å². The Bertz CT molecular complexity index is 132. The fraction of sp³-hybridized carbons (Fsp3) is 1.00. The van der Waals surface area contributed by atoms with Gasteiger partial charge in [0.25, 0.3) is 0 Å². The van der Waals surface area contributed by atoms with Crippen LogP contribution in [0.2, 0.25) is 0 Å². The van der Waals surface area contributed by atoms with E-state index in [9.17, 15) is 0 Å². The summed E-state index contributed by atoms with van der Waals surface area (Å²) in [6.45, 7) is 6.12. The van der Waals surface area contributed by atoms with Crippen LogP contribution in [0.1, 0.15) is 45.4 Å². The minimum Gasteiger partial charge on any atom is -0.320 e. The van der Waals surface area contributed by atoms with E-state index in [0.29, 0.717) is 0 Å². The molecule has 1 aliphatic rings. The fourth-order valence-corrected chi connectivity index (χ4v) is 1.89. The third-order valence-electron chi connectivity index (χ3n) is 2.98. The molecule has 0 aromatic carbocycles. The van der Waals surface area contributed by atoms with Crippen LogP contribution in [0.4, 0.5) is 0 Å². The Labute approximate surface area is 89.1 Å². The van der Waals surface area contributed by atoms with Crippen LogP contribution in [0, 0.1) is 0 Å². The summed E-state index contributed by atoms with van der Waals surface area (Å²) in [5.41, 5.74) is 0. The molecule has 1 fully saturated rings. The van der Waals surface area contributed by atoms with Crippen molar-refractivity contribution < 1.29 is 0 Å². The molecule has 1 rings (SSSR count). The summed E-state index contributed by atoms with van der Waals surface area (Å²) >= 11 is 0. The molecule has 84 valence electrons. The van der Waals surface area contributed by atoms with Gasteiger partial charge in [-0.3, -0.25) is 0 Å². The number of nitrogens with zero attached hydrogens (tertiary/aromatic N) is 1. The molecule has 0 radical (unpaired) electrons. The second-order valence-electron chi connectivity index (χ2n) is 4.43. The average molecular weight is 198 g/mol. The summed E-state index contributed by atoms with van der Waals surface area (Å²) in [6, 6.07) is 0.955. The van der Waals surface area contributed by atoms with E-state index in [2.05, 4.69) is 17.1 Å². The molecule has 0 amide bonds. The zero-order chi connectivity index (χ0) is 10.2. The van der Waals surface area contributed by atoms with Crippen molar-refractivity contribution in [2.75, 3.05) is 26.7 Å². The van der Waals surface area contributed by atoms with Crippen molar-refractivity contribution in [3.63, 3.8) is 0 Å². The van der Waals surface area contributed by atoms with Crippen LogP contribution >= 0.6 is 0 Å². The van der Waals surface area contributed by atoms with Crippen LogP contribution in [0.15, 0.2) is 0 Å². The molecule has 0 bridgehead atoms. The molecule has 0 atom stereocenters. The molecule has 14 heavy (non-hydrogen) atoms. The van der Waals surface area contributed by atoms with Gasteiger partial charge in [0.1, 0.15) is 0 Å². The molecular weight excluding hydrogens is 172 g/mol. The maximum Gasteiger partial charge on any atom is 0.00964 e. The summed E-state index contributed by atoms with van der Waals surface area (Å²) < 4.78 is 0. The molecule has 1 aliphatic carbocycles. The second kappa shape index (κ2) is 7.24. The fourth-order valence-electron chi connectivity index (χ4n) is 1.89. The normalized spacial score (nSPS) is 16.5. The highest BCUT2D eigenvalue weighted by Gasteiger charge is 2.27. The minimum absolute atomic E-state index is 0.955. The Kier molecular flexibility index (Phi) is 6.20. The summed E-state index contributed by atoms with van der Waals surface area (Å²) in [5, 5.41) is 3.21. The van der Waals surface area contributed by atoms with E-state index in [1.165, 1.54) is 58.2 Å². The first-order valence-corrected chi connectivity index (χ1v) is 6.27. The maximum absolute atomic E-state index is 3.21. The van der Waals surface area contributed by atoms with Gasteiger partial charge in [-0.25, -0.2) is 0 Å². The van der Waals surface area contributed by atoms with Crippen LogP contribution in [0.25, 0.3) is 0 Å². The van der Waals surface area contributed by atoms with E-state index >= 15 is 0 Å². The van der Waals surface area contributed by atoms with E-state index in [0.717, 1.165) is 6.04 Å². The van der Waals surface area contributed by atoms with E-state index in [4.69, 9.17) is 0 Å². The van der Waals surface area contributed by atoms with Gasteiger partial charge in [-0.05, 0) is 58.8 Å². The SMILES string of the molecule is CCCCN(CCCCNC)C1CC1. The summed E-state index contributed by atoms with van der Waals surface area (Å²) in [5.74, 6) is 0. The van der Waals surface area contributed by atoms with Crippen molar-refractivity contribution in [3.8, 4) is 0 Å². The van der Waals surface area contributed by atoms with Gasteiger partial charge in [0, 0.05) is 6.04 Å². The lowest BCUT2D eigenvalue weighted by atomic mass is 10.2. The number of nitrogens with one attached hydrogen (secondary N) is 1. The number of hydrogen-bond donors (Lipinski definition) is 1. The standard InChI is InChI=1S/C12H26N2/c1-3-4-10-14(12-7-8-12)11-6-5-9-13-2/h12-13H,3-11H2,1-2H3. The smallest absolute Gasteiger partial charge is 0.00964 e. The Balaban J connectivity index is 2.02. The summed E-state index contributed by atoms with van der Waals surface area (Å²) in [4.78, 5) is 2.71. The second-order valence-corrected chi connectivity index (χ2v) is 4.43. The Morgan fingerprint density at radius 1 is 1.14 bits per heavy atom. The molecule has 1 saturated carbocycles. The molecule has 0 aliphatic heterocycles. The van der Waals surface area contributed by atoms with Gasteiger partial charge in [-0.1, -0.05) is 13.3 Å². The molecule has 0 spiro atoms. The quantitative estimate of drug-likeness (QED) is 0.572. The monoisotopic (exact) mass is 198 g/mol. The lowest BCUT2D eigenvalue weighted by molar-refractivity contribution is 0.254. The predicted octanol–water partition coefficient (Wildman–Crippen LogP) is 2.25. The van der Waals surface area contributed by atoms with Crippen LogP contribution in [0.5, 0.6) is 0 Å². The van der Waals surface area contributed by atoms with E-state index in [-0.39, 0.29) is 0 Å². The minimum atomic E-state index is 0.955. The van der Waals surface area contributed by atoms with Crippen molar-refractivity contribution in [1.29, 1.82) is 0 Å². The number of hydrogen-bond acceptors (Lipinski definition) is 2. The highest BCUT2D eigenvalue weighted by atomic mass is 15.2. The van der Waals surface area contributed by atoms with Gasteiger partial charge in [0.05, 0.1) is 0 Å². The number of unbranched alkanes of at least 4 members (excludes halogenated alkanes) is 2. The highest BCUT2D eigenvalue weighted by Crippen LogP contribution is 2.27. The predicted molar refractivity (Wildman–Crippen MR) is 62.7 cm³/mol. The lowest BCUT2D eigenvalue weighted by Gasteiger charge is -2.21. The van der Waals surface area contributed by atoms with Crippen LogP contribution in [-0.2, 0) is 0 Å². The molecule has 2 nitrogen and oxygen atoms in total. The van der Waals surface area contributed by atoms with Gasteiger partial charge < -0.3 is 10.2 Å². The average Bonchev–Trinajstić information content (AvgIpc) is 3.00. The topological polar surface area (TPSA) is 15.3 Å². The van der Waals surface area contributed by atoms with Gasteiger partial charge >= 0.3 is 0 Å². The van der Waals surface area contributed by atoms with Crippen LogP contribution in [0.3, 0.4) is 0 Å².